The summed E-state index contributed by atoms with van der Waals surface area (Å²) in [5.41, 5.74) is 2.08. The molecular weight excluding hydrogens is 332 g/mol. The van der Waals surface area contributed by atoms with Gasteiger partial charge in [0.2, 0.25) is 0 Å². The first-order valence-corrected chi connectivity index (χ1v) is 8.24. The van der Waals surface area contributed by atoms with Gasteiger partial charge in [0.1, 0.15) is 16.4 Å². The zero-order valence-corrected chi connectivity index (χ0v) is 14.5. The molecule has 0 aliphatic heterocycles. The van der Waals surface area contributed by atoms with Gasteiger partial charge in [-0.15, -0.1) is 11.3 Å². The van der Waals surface area contributed by atoms with Crippen LogP contribution in [0.5, 0.6) is 11.5 Å². The minimum atomic E-state index is -0.444. The van der Waals surface area contributed by atoms with E-state index in [1.54, 1.807) is 7.11 Å². The van der Waals surface area contributed by atoms with Gasteiger partial charge in [0.05, 0.1) is 12.1 Å². The summed E-state index contributed by atoms with van der Waals surface area (Å²) in [6, 6.07) is 11.2. The number of rotatable bonds is 3. The molecule has 0 amide bonds. The first-order chi connectivity index (χ1) is 11.0. The molecular formula is C18H15ClO3S. The number of benzene rings is 2. The van der Waals surface area contributed by atoms with Crippen molar-refractivity contribution in [3.8, 4) is 11.5 Å². The molecule has 0 aliphatic carbocycles. The lowest BCUT2D eigenvalue weighted by Crippen LogP contribution is -2.07. The van der Waals surface area contributed by atoms with Crippen LogP contribution in [0.4, 0.5) is 0 Å². The highest BCUT2D eigenvalue weighted by atomic mass is 35.5. The number of esters is 1. The van der Waals surface area contributed by atoms with Crippen molar-refractivity contribution < 1.29 is 14.3 Å². The molecule has 0 radical (unpaired) electrons. The highest BCUT2D eigenvalue weighted by Gasteiger charge is 2.19. The Bertz CT molecular complexity index is 878. The molecule has 0 aliphatic rings. The minimum Gasteiger partial charge on any atom is -0.497 e. The minimum absolute atomic E-state index is 0.397. The zero-order chi connectivity index (χ0) is 16.6. The summed E-state index contributed by atoms with van der Waals surface area (Å²) in [5, 5.41) is 1.24. The van der Waals surface area contributed by atoms with Gasteiger partial charge in [-0.05, 0) is 55.3 Å². The summed E-state index contributed by atoms with van der Waals surface area (Å²) in [6.07, 6.45) is 0. The van der Waals surface area contributed by atoms with E-state index in [1.165, 1.54) is 11.3 Å². The third-order valence-corrected chi connectivity index (χ3v) is 5.06. The van der Waals surface area contributed by atoms with Crippen LogP contribution >= 0.6 is 22.9 Å². The number of aryl methyl sites for hydroxylation is 2. The number of methoxy groups -OCH3 is 1. The van der Waals surface area contributed by atoms with E-state index in [1.807, 2.05) is 50.2 Å². The SMILES string of the molecule is COc1ccc2c(Cl)c(C(=O)Oc3cc(C)cc(C)c3)sc2c1. The Balaban J connectivity index is 1.95. The topological polar surface area (TPSA) is 35.5 Å². The van der Waals surface area contributed by atoms with Gasteiger partial charge >= 0.3 is 5.97 Å². The lowest BCUT2D eigenvalue weighted by atomic mass is 10.1. The van der Waals surface area contributed by atoms with Crippen LogP contribution in [0.3, 0.4) is 0 Å². The lowest BCUT2D eigenvalue weighted by molar-refractivity contribution is 0.0740. The van der Waals surface area contributed by atoms with E-state index in [9.17, 15) is 4.79 Å². The maximum atomic E-state index is 12.5. The fraction of sp³-hybridized carbons (Fsp3) is 0.167. The van der Waals surface area contributed by atoms with E-state index < -0.39 is 5.97 Å². The quantitative estimate of drug-likeness (QED) is 0.470. The van der Waals surface area contributed by atoms with Crippen LogP contribution in [0.2, 0.25) is 5.02 Å². The summed E-state index contributed by atoms with van der Waals surface area (Å²) in [4.78, 5) is 12.9. The van der Waals surface area contributed by atoms with Crippen molar-refractivity contribution in [2.75, 3.05) is 7.11 Å². The number of halogens is 1. The van der Waals surface area contributed by atoms with Gasteiger partial charge in [0.25, 0.3) is 0 Å². The smallest absolute Gasteiger partial charge is 0.355 e. The largest absolute Gasteiger partial charge is 0.497 e. The molecule has 0 spiro atoms. The Morgan fingerprint density at radius 3 is 2.39 bits per heavy atom. The highest BCUT2D eigenvalue weighted by molar-refractivity contribution is 7.21. The predicted octanol–water partition coefficient (Wildman–Crippen LogP) is 5.40. The molecule has 3 rings (SSSR count). The number of carbonyl (C=O) groups is 1. The van der Waals surface area contributed by atoms with Crippen molar-refractivity contribution in [3.63, 3.8) is 0 Å². The van der Waals surface area contributed by atoms with E-state index in [0.717, 1.165) is 27.0 Å². The summed E-state index contributed by atoms with van der Waals surface area (Å²) in [6.45, 7) is 3.92. The standard InChI is InChI=1S/C18H15ClO3S/c1-10-6-11(2)8-13(7-10)22-18(20)17-16(19)14-5-4-12(21-3)9-15(14)23-17/h4-9H,1-3H3. The van der Waals surface area contributed by atoms with Gasteiger partial charge in [-0.2, -0.15) is 0 Å². The van der Waals surface area contributed by atoms with Gasteiger partial charge in [0, 0.05) is 10.1 Å². The van der Waals surface area contributed by atoms with E-state index in [-0.39, 0.29) is 0 Å². The van der Waals surface area contributed by atoms with Crippen LogP contribution < -0.4 is 9.47 Å². The molecule has 2 aromatic carbocycles. The van der Waals surface area contributed by atoms with E-state index in [0.29, 0.717) is 15.6 Å². The number of ether oxygens (including phenoxy) is 2. The van der Waals surface area contributed by atoms with Crippen LogP contribution in [-0.4, -0.2) is 13.1 Å². The van der Waals surface area contributed by atoms with Gasteiger partial charge in [-0.25, -0.2) is 4.79 Å². The van der Waals surface area contributed by atoms with Gasteiger partial charge in [0.15, 0.2) is 0 Å². The molecule has 0 unspecified atom stereocenters. The molecule has 3 nitrogen and oxygen atoms in total. The van der Waals surface area contributed by atoms with Gasteiger partial charge in [-0.3, -0.25) is 0 Å². The molecule has 0 saturated carbocycles. The number of fused-ring (bicyclic) bond motifs is 1. The molecule has 0 fully saturated rings. The second-order valence-corrected chi connectivity index (χ2v) is 6.75. The Kier molecular flexibility index (Phi) is 4.28. The maximum absolute atomic E-state index is 12.5. The zero-order valence-electron chi connectivity index (χ0n) is 13.0. The molecule has 0 atom stereocenters. The van der Waals surface area contributed by atoms with Crippen LogP contribution in [0.25, 0.3) is 10.1 Å². The third-order valence-electron chi connectivity index (χ3n) is 3.43. The van der Waals surface area contributed by atoms with E-state index in [4.69, 9.17) is 21.1 Å². The van der Waals surface area contributed by atoms with Gasteiger partial charge < -0.3 is 9.47 Å². The van der Waals surface area contributed by atoms with Gasteiger partial charge in [-0.1, -0.05) is 17.7 Å². The summed E-state index contributed by atoms with van der Waals surface area (Å²) in [5.74, 6) is 0.809. The summed E-state index contributed by atoms with van der Waals surface area (Å²) in [7, 11) is 1.60. The fourth-order valence-electron chi connectivity index (χ4n) is 2.45. The van der Waals surface area contributed by atoms with Crippen LogP contribution in [0, 0.1) is 13.8 Å². The fourth-order valence-corrected chi connectivity index (χ4v) is 3.86. The van der Waals surface area contributed by atoms with Crippen molar-refractivity contribution in [1.29, 1.82) is 0 Å². The molecule has 0 N–H and O–H groups in total. The Morgan fingerprint density at radius 1 is 1.04 bits per heavy atom. The summed E-state index contributed by atoms with van der Waals surface area (Å²) < 4.78 is 11.6. The van der Waals surface area contributed by atoms with Crippen molar-refractivity contribution >= 4 is 39.0 Å². The van der Waals surface area contributed by atoms with Crippen molar-refractivity contribution in [1.82, 2.24) is 0 Å². The molecule has 23 heavy (non-hydrogen) atoms. The third kappa shape index (κ3) is 3.19. The summed E-state index contributed by atoms with van der Waals surface area (Å²) >= 11 is 7.65. The Labute approximate surface area is 143 Å². The second-order valence-electron chi connectivity index (χ2n) is 5.32. The number of hydrogen-bond donors (Lipinski definition) is 0. The van der Waals surface area contributed by atoms with Crippen molar-refractivity contribution in [3.05, 3.63) is 57.4 Å². The van der Waals surface area contributed by atoms with E-state index >= 15 is 0 Å². The maximum Gasteiger partial charge on any atom is 0.355 e. The highest BCUT2D eigenvalue weighted by Crippen LogP contribution is 2.37. The van der Waals surface area contributed by atoms with Crippen molar-refractivity contribution in [2.45, 2.75) is 13.8 Å². The van der Waals surface area contributed by atoms with Crippen molar-refractivity contribution in [2.24, 2.45) is 0 Å². The first-order valence-electron chi connectivity index (χ1n) is 7.04. The number of thiophene rings is 1. The average Bonchev–Trinajstić information content (AvgIpc) is 2.82. The normalized spacial score (nSPS) is 10.8. The predicted molar refractivity (Wildman–Crippen MR) is 94.3 cm³/mol. The monoisotopic (exact) mass is 346 g/mol. The Hall–Kier alpha value is -2.04. The average molecular weight is 347 g/mol. The first kappa shape index (κ1) is 15.8. The molecule has 5 heteroatoms. The molecule has 1 heterocycles. The molecule has 118 valence electrons. The molecule has 1 aromatic heterocycles. The Morgan fingerprint density at radius 2 is 1.74 bits per heavy atom. The van der Waals surface area contributed by atoms with Crippen LogP contribution in [0.15, 0.2) is 36.4 Å². The van der Waals surface area contributed by atoms with Crippen LogP contribution in [0.1, 0.15) is 20.8 Å². The molecule has 3 aromatic rings. The van der Waals surface area contributed by atoms with E-state index in [2.05, 4.69) is 0 Å². The lowest BCUT2D eigenvalue weighted by Gasteiger charge is -2.05. The van der Waals surface area contributed by atoms with Crippen LogP contribution in [-0.2, 0) is 0 Å². The number of hydrogen-bond acceptors (Lipinski definition) is 4. The molecule has 0 saturated heterocycles. The second kappa shape index (κ2) is 6.22. The molecule has 0 bridgehead atoms. The number of carbonyl (C=O) groups excluding carboxylic acids is 1.